The van der Waals surface area contributed by atoms with E-state index in [2.05, 4.69) is 0 Å². The van der Waals surface area contributed by atoms with Crippen molar-refractivity contribution in [3.05, 3.63) is 145 Å². The summed E-state index contributed by atoms with van der Waals surface area (Å²) in [5, 5.41) is 1.01. The summed E-state index contributed by atoms with van der Waals surface area (Å²) in [4.78, 5) is 0. The first-order chi connectivity index (χ1) is 25.5. The molecule has 8 rings (SSSR count). The standard InChI is InChI=1S/C36H24N2/c1-2-12-25(13-3-1)26-14-10-15-27(24-26)37-32-20-7-6-18-30(32)31-19-11-23-35(36(31)37)38-33-21-8-4-16-28(33)29-17-5-9-22-34(29)38/h1-24H/i1D,2D,3D,6D,7D,10D,11D,12D,13D,14D,15D,18D,19D,20D,23D,24D. The Balaban J connectivity index is 1.72. The number of benzene rings is 6. The lowest BCUT2D eigenvalue weighted by Crippen LogP contribution is -2.00. The fourth-order valence-electron chi connectivity index (χ4n) is 5.05. The Morgan fingerprint density at radius 3 is 1.87 bits per heavy atom. The van der Waals surface area contributed by atoms with Gasteiger partial charge in [-0.2, -0.15) is 0 Å². The maximum absolute atomic E-state index is 9.54. The average molecular weight is 501 g/mol. The van der Waals surface area contributed by atoms with Gasteiger partial charge in [-0.05, 0) is 47.4 Å². The molecule has 2 heterocycles. The highest BCUT2D eigenvalue weighted by atomic mass is 15.1. The van der Waals surface area contributed by atoms with Crippen LogP contribution in [-0.2, 0) is 0 Å². The first kappa shape index (κ1) is 10.7. The van der Waals surface area contributed by atoms with Crippen LogP contribution in [0, 0.1) is 0 Å². The van der Waals surface area contributed by atoms with Crippen molar-refractivity contribution in [2.45, 2.75) is 0 Å². The van der Waals surface area contributed by atoms with E-state index in [1.54, 1.807) is 28.8 Å². The minimum absolute atomic E-state index is 0.0823. The van der Waals surface area contributed by atoms with Crippen LogP contribution in [0.15, 0.2) is 145 Å². The molecule has 6 aromatic carbocycles. The van der Waals surface area contributed by atoms with Gasteiger partial charge in [0.05, 0.1) is 49.7 Å². The van der Waals surface area contributed by atoms with Crippen LogP contribution in [0.3, 0.4) is 0 Å². The van der Waals surface area contributed by atoms with E-state index >= 15 is 0 Å². The Morgan fingerprint density at radius 2 is 1.08 bits per heavy atom. The second kappa shape index (κ2) is 8.22. The first-order valence-electron chi connectivity index (χ1n) is 19.7. The molecule has 0 bridgehead atoms. The van der Waals surface area contributed by atoms with Crippen LogP contribution in [0.1, 0.15) is 21.9 Å². The molecule has 0 N–H and O–H groups in total. The fraction of sp³-hybridized carbons (Fsp3) is 0. The molecule has 0 fully saturated rings. The summed E-state index contributed by atoms with van der Waals surface area (Å²) in [6.45, 7) is 0. The van der Waals surface area contributed by atoms with Gasteiger partial charge < -0.3 is 9.13 Å². The molecule has 0 aliphatic heterocycles. The third-order valence-corrected chi connectivity index (χ3v) is 6.58. The summed E-state index contributed by atoms with van der Waals surface area (Å²) in [5.74, 6) is 0. The number of nitrogens with zero attached hydrogens (tertiary/aromatic N) is 2. The Hall–Kier alpha value is -5.08. The molecule has 178 valence electrons. The molecule has 2 heteroatoms. The molecule has 0 unspecified atom stereocenters. The first-order valence-corrected chi connectivity index (χ1v) is 11.7. The van der Waals surface area contributed by atoms with Gasteiger partial charge in [-0.1, -0.05) is 109 Å². The van der Waals surface area contributed by atoms with Crippen LogP contribution in [0.2, 0.25) is 0 Å². The van der Waals surface area contributed by atoms with Crippen molar-refractivity contribution in [3.8, 4) is 22.5 Å². The van der Waals surface area contributed by atoms with Gasteiger partial charge in [0.1, 0.15) is 0 Å². The van der Waals surface area contributed by atoms with Crippen LogP contribution < -0.4 is 0 Å². The Morgan fingerprint density at radius 1 is 0.447 bits per heavy atom. The van der Waals surface area contributed by atoms with Gasteiger partial charge in [-0.3, -0.25) is 0 Å². The Kier molecular flexibility index (Phi) is 2.32. The maximum Gasteiger partial charge on any atom is 0.0782 e. The zero-order valence-electron chi connectivity index (χ0n) is 35.5. The highest BCUT2D eigenvalue weighted by Gasteiger charge is 2.19. The van der Waals surface area contributed by atoms with E-state index < -0.39 is 113 Å². The summed E-state index contributed by atoms with van der Waals surface area (Å²) in [6.07, 6.45) is 0. The lowest BCUT2D eigenvalue weighted by atomic mass is 10.1. The molecule has 0 radical (unpaired) electrons. The van der Waals surface area contributed by atoms with Crippen molar-refractivity contribution >= 4 is 43.6 Å². The van der Waals surface area contributed by atoms with Crippen molar-refractivity contribution in [2.24, 2.45) is 0 Å². The van der Waals surface area contributed by atoms with E-state index in [0.29, 0.717) is 11.0 Å². The molecular weight excluding hydrogens is 460 g/mol. The average Bonchev–Trinajstić information content (AvgIpc) is 3.68. The van der Waals surface area contributed by atoms with E-state index in [0.717, 1.165) is 15.3 Å². The third-order valence-electron chi connectivity index (χ3n) is 6.58. The van der Waals surface area contributed by atoms with Crippen molar-refractivity contribution in [2.75, 3.05) is 0 Å². The van der Waals surface area contributed by atoms with Gasteiger partial charge in [0.2, 0.25) is 0 Å². The molecule has 8 aromatic rings. The van der Waals surface area contributed by atoms with Crippen LogP contribution in [0.25, 0.3) is 66.1 Å². The van der Waals surface area contributed by atoms with Gasteiger partial charge >= 0.3 is 0 Å². The van der Waals surface area contributed by atoms with E-state index in [1.807, 2.05) is 24.3 Å². The van der Waals surface area contributed by atoms with E-state index in [1.165, 1.54) is 0 Å². The molecule has 0 saturated heterocycles. The summed E-state index contributed by atoms with van der Waals surface area (Å²) >= 11 is 0. The summed E-state index contributed by atoms with van der Waals surface area (Å²) < 4.78 is 144. The van der Waals surface area contributed by atoms with Gasteiger partial charge in [-0.15, -0.1) is 0 Å². The number of hydrogen-bond acceptors (Lipinski definition) is 0. The minimum atomic E-state index is -0.827. The predicted octanol–water partition coefficient (Wildman–Crippen LogP) is 9.55. The highest BCUT2D eigenvalue weighted by molar-refractivity contribution is 6.15. The molecular formula is C36H24N2. The molecule has 0 amide bonds. The van der Waals surface area contributed by atoms with Crippen LogP contribution in [0.4, 0.5) is 0 Å². The molecule has 0 atom stereocenters. The number of para-hydroxylation sites is 4. The van der Waals surface area contributed by atoms with Crippen LogP contribution >= 0.6 is 0 Å². The van der Waals surface area contributed by atoms with Gasteiger partial charge in [-0.25, -0.2) is 0 Å². The van der Waals surface area contributed by atoms with Gasteiger partial charge in [0, 0.05) is 27.2 Å². The number of rotatable bonds is 3. The van der Waals surface area contributed by atoms with Crippen LogP contribution in [-0.4, -0.2) is 9.13 Å². The third kappa shape index (κ3) is 3.01. The molecule has 0 saturated carbocycles. The fourth-order valence-corrected chi connectivity index (χ4v) is 5.05. The largest absolute Gasteiger partial charge is 0.307 e. The predicted molar refractivity (Wildman–Crippen MR) is 161 cm³/mol. The Labute approximate surface area is 243 Å². The monoisotopic (exact) mass is 500 g/mol. The molecule has 0 aliphatic rings. The lowest BCUT2D eigenvalue weighted by molar-refractivity contribution is 1.13. The van der Waals surface area contributed by atoms with Gasteiger partial charge in [0.15, 0.2) is 0 Å². The summed E-state index contributed by atoms with van der Waals surface area (Å²) in [5.41, 5.74) is -1.30. The molecule has 0 spiro atoms. The topological polar surface area (TPSA) is 9.86 Å². The minimum Gasteiger partial charge on any atom is -0.307 e. The number of fused-ring (bicyclic) bond motifs is 6. The summed E-state index contributed by atoms with van der Waals surface area (Å²) in [6, 6.07) is 3.03. The number of hydrogen-bond donors (Lipinski definition) is 0. The van der Waals surface area contributed by atoms with E-state index in [4.69, 9.17) is 17.8 Å². The normalized spacial score (nSPS) is 17.6. The molecule has 38 heavy (non-hydrogen) atoms. The molecule has 2 nitrogen and oxygen atoms in total. The van der Waals surface area contributed by atoms with E-state index in [9.17, 15) is 4.11 Å². The van der Waals surface area contributed by atoms with Crippen LogP contribution in [0.5, 0.6) is 0 Å². The Bertz CT molecular complexity index is 2930. The second-order valence-corrected chi connectivity index (χ2v) is 8.60. The summed E-state index contributed by atoms with van der Waals surface area (Å²) in [7, 11) is 0. The molecule has 0 aliphatic carbocycles. The zero-order chi connectivity index (χ0) is 39.0. The quantitative estimate of drug-likeness (QED) is 0.229. The van der Waals surface area contributed by atoms with Gasteiger partial charge in [0.25, 0.3) is 0 Å². The van der Waals surface area contributed by atoms with Crippen molar-refractivity contribution in [1.29, 1.82) is 0 Å². The van der Waals surface area contributed by atoms with Crippen molar-refractivity contribution in [1.82, 2.24) is 9.13 Å². The smallest absolute Gasteiger partial charge is 0.0782 e. The second-order valence-electron chi connectivity index (χ2n) is 8.60. The lowest BCUT2D eigenvalue weighted by Gasteiger charge is -2.15. The van der Waals surface area contributed by atoms with Crippen molar-refractivity contribution < 1.29 is 21.9 Å². The van der Waals surface area contributed by atoms with E-state index in [-0.39, 0.29) is 27.5 Å². The highest BCUT2D eigenvalue weighted by Crippen LogP contribution is 2.39. The SMILES string of the molecule is [2H]c1c([2H])c([2H])c(-c2c([2H])c([2H])c([2H])c(-n3c4c([2H])c([2H])c([2H])c([2H])c4c4c([2H])c([2H])c([2H])c(-n5c6ccccc6c6ccccc65)c43)c2[2H])c([2H])c1[2H]. The molecule has 2 aromatic heterocycles. The number of aromatic nitrogens is 2. The zero-order valence-corrected chi connectivity index (χ0v) is 19.5. The maximum atomic E-state index is 9.54. The van der Waals surface area contributed by atoms with Crippen molar-refractivity contribution in [3.63, 3.8) is 0 Å².